The molecule has 2 nitrogen and oxygen atoms in total. The van der Waals surface area contributed by atoms with Crippen molar-refractivity contribution >= 4 is 28.3 Å². The second-order valence-corrected chi connectivity index (χ2v) is 5.47. The van der Waals surface area contributed by atoms with Gasteiger partial charge in [0.1, 0.15) is 4.32 Å². The van der Waals surface area contributed by atoms with Crippen LogP contribution in [0.2, 0.25) is 0 Å². The second-order valence-electron chi connectivity index (χ2n) is 3.74. The zero-order valence-corrected chi connectivity index (χ0v) is 12.6. The van der Waals surface area contributed by atoms with Crippen molar-refractivity contribution in [3.8, 4) is 0 Å². The van der Waals surface area contributed by atoms with Gasteiger partial charge >= 0.3 is 0 Å². The van der Waals surface area contributed by atoms with Gasteiger partial charge in [0.15, 0.2) is 0 Å². The summed E-state index contributed by atoms with van der Waals surface area (Å²) in [6.45, 7) is 10.8. The van der Waals surface area contributed by atoms with E-state index < -0.39 is 0 Å². The molecular formula is C12H26N2S2. The van der Waals surface area contributed by atoms with Gasteiger partial charge in [-0.2, -0.15) is 0 Å². The molecule has 0 bridgehead atoms. The Labute approximate surface area is 111 Å². The highest BCUT2D eigenvalue weighted by Gasteiger charge is 2.04. The zero-order chi connectivity index (χ0) is 12.2. The summed E-state index contributed by atoms with van der Waals surface area (Å²) in [5, 5.41) is 3.45. The molecule has 0 saturated heterocycles. The highest BCUT2D eigenvalue weighted by atomic mass is 32.2. The van der Waals surface area contributed by atoms with E-state index in [1.54, 1.807) is 11.8 Å². The number of unbranched alkanes of at least 4 members (excludes halogenated alkanes) is 2. The van der Waals surface area contributed by atoms with Crippen LogP contribution >= 0.6 is 24.0 Å². The van der Waals surface area contributed by atoms with Gasteiger partial charge in [-0.15, -0.1) is 0 Å². The predicted octanol–water partition coefficient (Wildman–Crippen LogP) is 3.13. The van der Waals surface area contributed by atoms with Crippen molar-refractivity contribution in [1.82, 2.24) is 10.2 Å². The van der Waals surface area contributed by atoms with Crippen molar-refractivity contribution in [3.05, 3.63) is 0 Å². The molecule has 0 radical (unpaired) electrons. The van der Waals surface area contributed by atoms with Gasteiger partial charge in [0, 0.05) is 25.4 Å². The minimum Gasteiger partial charge on any atom is -0.358 e. The molecule has 1 N–H and O–H groups in total. The maximum atomic E-state index is 5.35. The molecule has 0 unspecified atom stereocenters. The fourth-order valence-electron chi connectivity index (χ4n) is 1.41. The molecule has 0 spiro atoms. The van der Waals surface area contributed by atoms with Crippen LogP contribution < -0.4 is 5.32 Å². The van der Waals surface area contributed by atoms with Crippen molar-refractivity contribution in [2.45, 2.75) is 40.0 Å². The summed E-state index contributed by atoms with van der Waals surface area (Å²) in [5.74, 6) is 1.08. The summed E-state index contributed by atoms with van der Waals surface area (Å²) in [6, 6.07) is 0. The third-order valence-electron chi connectivity index (χ3n) is 2.48. The van der Waals surface area contributed by atoms with E-state index >= 15 is 0 Å². The molecule has 4 heteroatoms. The van der Waals surface area contributed by atoms with Crippen molar-refractivity contribution in [3.63, 3.8) is 0 Å². The Kier molecular flexibility index (Phi) is 11.8. The van der Waals surface area contributed by atoms with E-state index in [4.69, 9.17) is 12.2 Å². The molecule has 0 heterocycles. The van der Waals surface area contributed by atoms with Gasteiger partial charge < -0.3 is 10.2 Å². The SMILES string of the molecule is CCCCCNCCSC(=S)N(CC)CC. The van der Waals surface area contributed by atoms with E-state index in [9.17, 15) is 0 Å². The lowest BCUT2D eigenvalue weighted by atomic mass is 10.2. The standard InChI is InChI=1S/C12H26N2S2/c1-4-7-8-9-13-10-11-16-12(15)14(5-2)6-3/h13H,4-11H2,1-3H3. The van der Waals surface area contributed by atoms with Gasteiger partial charge in [-0.3, -0.25) is 0 Å². The third kappa shape index (κ3) is 8.36. The topological polar surface area (TPSA) is 15.3 Å². The van der Waals surface area contributed by atoms with Crippen LogP contribution in [0.4, 0.5) is 0 Å². The Bertz CT molecular complexity index is 170. The largest absolute Gasteiger partial charge is 0.358 e. The van der Waals surface area contributed by atoms with E-state index in [-0.39, 0.29) is 0 Å². The first-order chi connectivity index (χ1) is 7.76. The maximum absolute atomic E-state index is 5.35. The molecule has 96 valence electrons. The van der Waals surface area contributed by atoms with Crippen molar-refractivity contribution < 1.29 is 0 Å². The lowest BCUT2D eigenvalue weighted by Crippen LogP contribution is -2.28. The molecule has 0 aliphatic carbocycles. The van der Waals surface area contributed by atoms with E-state index in [0.29, 0.717) is 0 Å². The number of hydrogen-bond acceptors (Lipinski definition) is 3. The molecule has 0 aromatic rings. The Morgan fingerprint density at radius 3 is 2.38 bits per heavy atom. The molecule has 16 heavy (non-hydrogen) atoms. The first-order valence-electron chi connectivity index (χ1n) is 6.38. The van der Waals surface area contributed by atoms with Crippen LogP contribution in [0.25, 0.3) is 0 Å². The van der Waals surface area contributed by atoms with Gasteiger partial charge in [-0.1, -0.05) is 43.7 Å². The number of thiocarbonyl (C=S) groups is 1. The molecule has 0 rings (SSSR count). The molecule has 0 aliphatic rings. The van der Waals surface area contributed by atoms with E-state index in [1.165, 1.54) is 19.3 Å². The Morgan fingerprint density at radius 1 is 1.12 bits per heavy atom. The van der Waals surface area contributed by atoms with Crippen molar-refractivity contribution in [2.75, 3.05) is 31.9 Å². The molecule has 0 amide bonds. The lowest BCUT2D eigenvalue weighted by molar-refractivity contribution is 0.482. The van der Waals surface area contributed by atoms with Crippen LogP contribution in [0, 0.1) is 0 Å². The van der Waals surface area contributed by atoms with Gasteiger partial charge in [-0.05, 0) is 26.8 Å². The zero-order valence-electron chi connectivity index (χ0n) is 10.9. The van der Waals surface area contributed by atoms with Gasteiger partial charge in [0.2, 0.25) is 0 Å². The van der Waals surface area contributed by atoms with Crippen LogP contribution in [0.3, 0.4) is 0 Å². The van der Waals surface area contributed by atoms with Crippen LogP contribution in [-0.2, 0) is 0 Å². The molecule has 0 aliphatic heterocycles. The minimum absolute atomic E-state index is 1.02. The Morgan fingerprint density at radius 2 is 1.81 bits per heavy atom. The summed E-state index contributed by atoms with van der Waals surface area (Å²) < 4.78 is 1.04. The third-order valence-corrected chi connectivity index (χ3v) is 4.01. The van der Waals surface area contributed by atoms with Gasteiger partial charge in [0.25, 0.3) is 0 Å². The average Bonchev–Trinajstić information content (AvgIpc) is 2.29. The fraction of sp³-hybridized carbons (Fsp3) is 0.917. The summed E-state index contributed by atoms with van der Waals surface area (Å²) in [7, 11) is 0. The van der Waals surface area contributed by atoms with Crippen molar-refractivity contribution in [2.24, 2.45) is 0 Å². The number of nitrogens with one attached hydrogen (secondary N) is 1. The highest BCUT2D eigenvalue weighted by Crippen LogP contribution is 2.08. The minimum atomic E-state index is 1.02. The second kappa shape index (κ2) is 11.7. The van der Waals surface area contributed by atoms with Crippen LogP contribution in [0.5, 0.6) is 0 Å². The Hall–Kier alpha value is 0.200. The van der Waals surface area contributed by atoms with Crippen LogP contribution in [-0.4, -0.2) is 41.2 Å². The van der Waals surface area contributed by atoms with Crippen molar-refractivity contribution in [1.29, 1.82) is 0 Å². The monoisotopic (exact) mass is 262 g/mol. The molecule has 0 aromatic heterocycles. The maximum Gasteiger partial charge on any atom is 0.136 e. The summed E-state index contributed by atoms with van der Waals surface area (Å²) in [4.78, 5) is 2.23. The Balaban J connectivity index is 3.33. The predicted molar refractivity (Wildman–Crippen MR) is 80.4 cm³/mol. The fourth-order valence-corrected chi connectivity index (χ4v) is 2.78. The average molecular weight is 262 g/mol. The number of hydrogen-bond donors (Lipinski definition) is 1. The normalized spacial score (nSPS) is 10.4. The molecule has 0 saturated carbocycles. The number of thioether (sulfide) groups is 1. The van der Waals surface area contributed by atoms with E-state index in [2.05, 4.69) is 31.0 Å². The van der Waals surface area contributed by atoms with Gasteiger partial charge in [0.05, 0.1) is 0 Å². The lowest BCUT2D eigenvalue weighted by Gasteiger charge is -2.20. The van der Waals surface area contributed by atoms with E-state index in [0.717, 1.165) is 36.3 Å². The molecule has 0 fully saturated rings. The van der Waals surface area contributed by atoms with Crippen LogP contribution in [0.15, 0.2) is 0 Å². The van der Waals surface area contributed by atoms with Gasteiger partial charge in [-0.25, -0.2) is 0 Å². The number of nitrogens with zero attached hydrogens (tertiary/aromatic N) is 1. The summed E-state index contributed by atoms with van der Waals surface area (Å²) in [6.07, 6.45) is 3.92. The highest BCUT2D eigenvalue weighted by molar-refractivity contribution is 8.22. The smallest absolute Gasteiger partial charge is 0.136 e. The quantitative estimate of drug-likeness (QED) is 0.507. The van der Waals surface area contributed by atoms with E-state index in [1.807, 2.05) is 0 Å². The number of rotatable bonds is 9. The first kappa shape index (κ1) is 16.2. The molecular weight excluding hydrogens is 236 g/mol. The molecule has 0 atom stereocenters. The summed E-state index contributed by atoms with van der Waals surface area (Å²) in [5.41, 5.74) is 0. The first-order valence-corrected chi connectivity index (χ1v) is 7.78. The summed E-state index contributed by atoms with van der Waals surface area (Å²) >= 11 is 7.15. The molecule has 0 aromatic carbocycles. The van der Waals surface area contributed by atoms with Crippen LogP contribution in [0.1, 0.15) is 40.0 Å².